The number of likely N-dealkylation sites (tertiary alicyclic amines) is 1. The average Bonchev–Trinajstić information content (AvgIpc) is 3.33. The maximum atomic E-state index is 12.5. The molecule has 2 amide bonds. The van der Waals surface area contributed by atoms with Crippen LogP contribution in [-0.4, -0.2) is 31.1 Å². The number of amides is 2. The maximum Gasteiger partial charge on any atom is 0.321 e. The Morgan fingerprint density at radius 2 is 2.09 bits per heavy atom. The molecule has 1 N–H and O–H groups in total. The van der Waals surface area contributed by atoms with Crippen molar-refractivity contribution in [1.82, 2.24) is 4.90 Å². The largest absolute Gasteiger partial charge is 0.377 e. The average molecular weight is 302 g/mol. The molecule has 22 heavy (non-hydrogen) atoms. The van der Waals surface area contributed by atoms with Crippen LogP contribution in [0.1, 0.15) is 50.7 Å². The number of carbonyl (C=O) groups is 1. The molecule has 2 fully saturated rings. The third-order valence-electron chi connectivity index (χ3n) is 5.25. The highest BCUT2D eigenvalue weighted by atomic mass is 16.5. The van der Waals surface area contributed by atoms with Crippen molar-refractivity contribution in [1.29, 1.82) is 0 Å². The van der Waals surface area contributed by atoms with Crippen molar-refractivity contribution in [3.63, 3.8) is 0 Å². The number of anilines is 1. The minimum atomic E-state index is 0.0277. The normalized spacial score (nSPS) is 21.3. The first kappa shape index (κ1) is 15.3. The van der Waals surface area contributed by atoms with E-state index < -0.39 is 0 Å². The molecule has 1 aliphatic carbocycles. The van der Waals surface area contributed by atoms with Gasteiger partial charge in [0.05, 0.1) is 6.10 Å². The quantitative estimate of drug-likeness (QED) is 0.909. The van der Waals surface area contributed by atoms with E-state index in [1.807, 2.05) is 36.1 Å². The van der Waals surface area contributed by atoms with E-state index in [0.717, 1.165) is 30.8 Å². The second kappa shape index (κ2) is 6.29. The minimum absolute atomic E-state index is 0.0277. The van der Waals surface area contributed by atoms with Crippen LogP contribution >= 0.6 is 0 Å². The van der Waals surface area contributed by atoms with Gasteiger partial charge >= 0.3 is 6.03 Å². The predicted octanol–water partition coefficient (Wildman–Crippen LogP) is 4.19. The second-order valence-corrected chi connectivity index (χ2v) is 6.77. The lowest BCUT2D eigenvalue weighted by molar-refractivity contribution is 0.119. The van der Waals surface area contributed by atoms with E-state index in [2.05, 4.69) is 5.32 Å². The molecular formula is C18H26N2O2. The first-order valence-corrected chi connectivity index (χ1v) is 8.31. The molecule has 1 spiro atoms. The molecule has 1 aliphatic heterocycles. The SMILES string of the molecule is COC(C)c1cccc(NC(=O)N2CCCC3(CC2)CC3)c1. The molecule has 3 rings (SSSR count). The molecule has 1 unspecified atom stereocenters. The zero-order chi connectivity index (χ0) is 15.6. The van der Waals surface area contributed by atoms with E-state index in [1.54, 1.807) is 7.11 Å². The molecule has 4 heteroatoms. The number of ether oxygens (including phenoxy) is 1. The lowest BCUT2D eigenvalue weighted by Gasteiger charge is -2.21. The van der Waals surface area contributed by atoms with Crippen LogP contribution in [-0.2, 0) is 4.74 Å². The van der Waals surface area contributed by atoms with Gasteiger partial charge in [-0.3, -0.25) is 0 Å². The fourth-order valence-electron chi connectivity index (χ4n) is 3.34. The molecule has 0 aromatic heterocycles. The van der Waals surface area contributed by atoms with Gasteiger partial charge in [0.2, 0.25) is 0 Å². The van der Waals surface area contributed by atoms with Gasteiger partial charge in [0.1, 0.15) is 0 Å². The maximum absolute atomic E-state index is 12.5. The van der Waals surface area contributed by atoms with Crippen LogP contribution in [0.2, 0.25) is 0 Å². The first-order valence-electron chi connectivity index (χ1n) is 8.31. The summed E-state index contributed by atoms with van der Waals surface area (Å²) in [5, 5.41) is 3.04. The summed E-state index contributed by atoms with van der Waals surface area (Å²) < 4.78 is 5.34. The van der Waals surface area contributed by atoms with Crippen LogP contribution in [0.3, 0.4) is 0 Å². The van der Waals surface area contributed by atoms with Crippen molar-refractivity contribution < 1.29 is 9.53 Å². The molecule has 0 radical (unpaired) electrons. The van der Waals surface area contributed by atoms with Gasteiger partial charge in [-0.25, -0.2) is 4.79 Å². The van der Waals surface area contributed by atoms with E-state index in [0.29, 0.717) is 5.41 Å². The Hall–Kier alpha value is -1.55. The molecular weight excluding hydrogens is 276 g/mol. The lowest BCUT2D eigenvalue weighted by atomic mass is 9.98. The molecule has 1 saturated heterocycles. The Bertz CT molecular complexity index is 540. The molecule has 4 nitrogen and oxygen atoms in total. The number of nitrogens with zero attached hydrogens (tertiary/aromatic N) is 1. The third-order valence-corrected chi connectivity index (χ3v) is 5.25. The standard InChI is InChI=1S/C18H26N2O2/c1-14(22-2)15-5-3-6-16(13-15)19-17(21)20-11-4-7-18(8-9-18)10-12-20/h3,5-6,13-14H,4,7-12H2,1-2H3,(H,19,21). The van der Waals surface area contributed by atoms with E-state index in [9.17, 15) is 4.79 Å². The van der Waals surface area contributed by atoms with Gasteiger partial charge < -0.3 is 15.0 Å². The van der Waals surface area contributed by atoms with Gasteiger partial charge in [-0.05, 0) is 62.1 Å². The van der Waals surface area contributed by atoms with Gasteiger partial charge in [-0.2, -0.15) is 0 Å². The lowest BCUT2D eigenvalue weighted by Crippen LogP contribution is -2.35. The van der Waals surface area contributed by atoms with Crippen LogP contribution in [0.5, 0.6) is 0 Å². The highest BCUT2D eigenvalue weighted by Gasteiger charge is 2.43. The monoisotopic (exact) mass is 302 g/mol. The number of nitrogens with one attached hydrogen (secondary N) is 1. The summed E-state index contributed by atoms with van der Waals surface area (Å²) in [7, 11) is 1.70. The first-order chi connectivity index (χ1) is 10.6. The second-order valence-electron chi connectivity index (χ2n) is 6.77. The van der Waals surface area contributed by atoms with Gasteiger partial charge in [-0.1, -0.05) is 12.1 Å². The zero-order valence-electron chi connectivity index (χ0n) is 13.6. The van der Waals surface area contributed by atoms with Gasteiger partial charge in [0.15, 0.2) is 0 Å². The third kappa shape index (κ3) is 3.43. The van der Waals surface area contributed by atoms with E-state index >= 15 is 0 Å². The van der Waals surface area contributed by atoms with Crippen molar-refractivity contribution in [2.45, 2.75) is 45.1 Å². The van der Waals surface area contributed by atoms with Crippen LogP contribution in [0.15, 0.2) is 24.3 Å². The number of methoxy groups -OCH3 is 1. The highest BCUT2D eigenvalue weighted by molar-refractivity contribution is 5.89. The van der Waals surface area contributed by atoms with Gasteiger partial charge in [0.25, 0.3) is 0 Å². The molecule has 1 aromatic rings. The van der Waals surface area contributed by atoms with Crippen LogP contribution in [0.25, 0.3) is 0 Å². The van der Waals surface area contributed by atoms with Crippen LogP contribution in [0.4, 0.5) is 10.5 Å². The topological polar surface area (TPSA) is 41.6 Å². The molecule has 1 saturated carbocycles. The van der Waals surface area contributed by atoms with Crippen molar-refractivity contribution in [3.05, 3.63) is 29.8 Å². The molecule has 1 aromatic carbocycles. The fraction of sp³-hybridized carbons (Fsp3) is 0.611. The molecule has 120 valence electrons. The summed E-state index contributed by atoms with van der Waals surface area (Å²) in [6, 6.07) is 7.94. The minimum Gasteiger partial charge on any atom is -0.377 e. The Morgan fingerprint density at radius 1 is 1.27 bits per heavy atom. The number of urea groups is 1. The fourth-order valence-corrected chi connectivity index (χ4v) is 3.34. The molecule has 2 aliphatic rings. The Morgan fingerprint density at radius 3 is 2.82 bits per heavy atom. The summed E-state index contributed by atoms with van der Waals surface area (Å²) in [4.78, 5) is 14.5. The predicted molar refractivity (Wildman–Crippen MR) is 88.0 cm³/mol. The molecule has 1 heterocycles. The van der Waals surface area contributed by atoms with Crippen LogP contribution < -0.4 is 5.32 Å². The van der Waals surface area contributed by atoms with Crippen molar-refractivity contribution in [2.75, 3.05) is 25.5 Å². The highest BCUT2D eigenvalue weighted by Crippen LogP contribution is 2.53. The molecule has 1 atom stereocenters. The summed E-state index contributed by atoms with van der Waals surface area (Å²) in [6.07, 6.45) is 6.34. The Balaban J connectivity index is 1.61. The van der Waals surface area contributed by atoms with Gasteiger partial charge in [0, 0.05) is 25.9 Å². The smallest absolute Gasteiger partial charge is 0.321 e. The van der Waals surface area contributed by atoms with Crippen molar-refractivity contribution in [2.24, 2.45) is 5.41 Å². The number of carbonyl (C=O) groups excluding carboxylic acids is 1. The number of hydrogen-bond acceptors (Lipinski definition) is 2. The number of rotatable bonds is 3. The Labute approximate surface area is 132 Å². The Kier molecular flexibility index (Phi) is 4.39. The number of hydrogen-bond donors (Lipinski definition) is 1. The van der Waals surface area contributed by atoms with E-state index in [1.165, 1.54) is 25.7 Å². The van der Waals surface area contributed by atoms with E-state index in [4.69, 9.17) is 4.74 Å². The summed E-state index contributed by atoms with van der Waals surface area (Å²) >= 11 is 0. The van der Waals surface area contributed by atoms with Gasteiger partial charge in [-0.15, -0.1) is 0 Å². The summed E-state index contributed by atoms with van der Waals surface area (Å²) in [5.41, 5.74) is 2.51. The summed E-state index contributed by atoms with van der Waals surface area (Å²) in [6.45, 7) is 3.77. The van der Waals surface area contributed by atoms with Crippen molar-refractivity contribution in [3.8, 4) is 0 Å². The van der Waals surface area contributed by atoms with Crippen LogP contribution in [0, 0.1) is 5.41 Å². The molecule has 0 bridgehead atoms. The zero-order valence-corrected chi connectivity index (χ0v) is 13.6. The summed E-state index contributed by atoms with van der Waals surface area (Å²) in [5.74, 6) is 0. The van der Waals surface area contributed by atoms with E-state index in [-0.39, 0.29) is 12.1 Å². The number of benzene rings is 1. The van der Waals surface area contributed by atoms with Crippen molar-refractivity contribution >= 4 is 11.7 Å².